The van der Waals surface area contributed by atoms with Gasteiger partial charge in [0.05, 0.1) is 23.5 Å². The first-order valence-corrected chi connectivity index (χ1v) is 7.47. The molecule has 1 saturated carbocycles. The second kappa shape index (κ2) is 6.64. The Kier molecular flexibility index (Phi) is 4.88. The fourth-order valence-corrected chi connectivity index (χ4v) is 2.60. The van der Waals surface area contributed by atoms with Crippen LogP contribution in [0.1, 0.15) is 43.5 Å². The van der Waals surface area contributed by atoms with Gasteiger partial charge in [-0.1, -0.05) is 12.5 Å². The van der Waals surface area contributed by atoms with E-state index in [0.717, 1.165) is 24.7 Å². The van der Waals surface area contributed by atoms with E-state index in [1.807, 2.05) is 12.1 Å². The number of ether oxygens (including phenoxy) is 1. The minimum Gasteiger partial charge on any atom is -0.462 e. The first kappa shape index (κ1) is 14.7. The number of carbonyl (C=O) groups is 1. The monoisotopic (exact) mass is 276 g/mol. The summed E-state index contributed by atoms with van der Waals surface area (Å²) >= 11 is 0. The van der Waals surface area contributed by atoms with Gasteiger partial charge in [0.2, 0.25) is 0 Å². The molecule has 0 aromatic heterocycles. The fraction of sp³-hybridized carbons (Fsp3) is 0.562. The van der Waals surface area contributed by atoms with Crippen LogP contribution >= 0.6 is 0 Å². The number of carbonyl (C=O) groups excluding carboxylic acids is 1. The summed E-state index contributed by atoms with van der Waals surface area (Å²) < 4.78 is 5.05. The van der Waals surface area contributed by atoms with E-state index in [1.165, 1.54) is 19.3 Å². The van der Waals surface area contributed by atoms with Crippen molar-refractivity contribution in [1.82, 2.24) is 0 Å². The molecule has 0 spiro atoms. The SMILES string of the molecule is CCOC(=O)c1cccc(N(CC)CC2CCC2)c1N. The van der Waals surface area contributed by atoms with E-state index in [9.17, 15) is 4.79 Å². The lowest BCUT2D eigenvalue weighted by Crippen LogP contribution is -2.33. The number of para-hydroxylation sites is 1. The van der Waals surface area contributed by atoms with Gasteiger partial charge in [-0.05, 0) is 44.7 Å². The van der Waals surface area contributed by atoms with E-state index in [2.05, 4.69) is 11.8 Å². The molecule has 0 aliphatic heterocycles. The van der Waals surface area contributed by atoms with Gasteiger partial charge in [-0.3, -0.25) is 0 Å². The normalized spacial score (nSPS) is 14.7. The molecule has 4 nitrogen and oxygen atoms in total. The summed E-state index contributed by atoms with van der Waals surface area (Å²) in [5.41, 5.74) is 8.14. The van der Waals surface area contributed by atoms with E-state index >= 15 is 0 Å². The maximum Gasteiger partial charge on any atom is 0.340 e. The number of nitrogens with two attached hydrogens (primary N) is 1. The largest absolute Gasteiger partial charge is 0.462 e. The van der Waals surface area contributed by atoms with Gasteiger partial charge in [0, 0.05) is 13.1 Å². The molecule has 1 aliphatic carbocycles. The van der Waals surface area contributed by atoms with Crippen molar-refractivity contribution >= 4 is 17.3 Å². The summed E-state index contributed by atoms with van der Waals surface area (Å²) in [6.45, 7) is 6.20. The molecule has 0 bridgehead atoms. The quantitative estimate of drug-likeness (QED) is 0.641. The molecule has 0 saturated heterocycles. The van der Waals surface area contributed by atoms with Crippen molar-refractivity contribution in [3.63, 3.8) is 0 Å². The number of hydrogen-bond acceptors (Lipinski definition) is 4. The van der Waals surface area contributed by atoms with E-state index in [0.29, 0.717) is 17.9 Å². The van der Waals surface area contributed by atoms with Crippen LogP contribution < -0.4 is 10.6 Å². The molecule has 1 aromatic carbocycles. The molecule has 20 heavy (non-hydrogen) atoms. The average molecular weight is 276 g/mol. The second-order valence-electron chi connectivity index (χ2n) is 5.29. The molecule has 1 aromatic rings. The Hall–Kier alpha value is -1.71. The maximum absolute atomic E-state index is 11.9. The molecule has 2 rings (SSSR count). The molecule has 1 aliphatic rings. The lowest BCUT2D eigenvalue weighted by molar-refractivity contribution is 0.0527. The van der Waals surface area contributed by atoms with Crippen LogP contribution in [-0.2, 0) is 4.74 Å². The Labute approximate surface area is 120 Å². The Bertz CT molecular complexity index is 470. The van der Waals surface area contributed by atoms with Crippen LogP contribution in [0.5, 0.6) is 0 Å². The zero-order chi connectivity index (χ0) is 14.5. The average Bonchev–Trinajstić information content (AvgIpc) is 2.39. The van der Waals surface area contributed by atoms with Crippen molar-refractivity contribution in [2.75, 3.05) is 30.3 Å². The number of nitrogen functional groups attached to an aromatic ring is 1. The van der Waals surface area contributed by atoms with E-state index in [-0.39, 0.29) is 5.97 Å². The standard InChI is InChI=1S/C16H24N2O2/c1-3-18(11-12-7-5-8-12)14-10-6-9-13(15(14)17)16(19)20-4-2/h6,9-10,12H,3-5,7-8,11,17H2,1-2H3. The second-order valence-corrected chi connectivity index (χ2v) is 5.29. The van der Waals surface area contributed by atoms with Crippen LogP contribution in [0.4, 0.5) is 11.4 Å². The van der Waals surface area contributed by atoms with E-state index in [4.69, 9.17) is 10.5 Å². The number of hydrogen-bond donors (Lipinski definition) is 1. The molecule has 0 atom stereocenters. The smallest absolute Gasteiger partial charge is 0.340 e. The van der Waals surface area contributed by atoms with Gasteiger partial charge in [-0.25, -0.2) is 4.79 Å². The van der Waals surface area contributed by atoms with Crippen molar-refractivity contribution in [2.24, 2.45) is 5.92 Å². The summed E-state index contributed by atoms with van der Waals surface area (Å²) in [7, 11) is 0. The topological polar surface area (TPSA) is 55.6 Å². The van der Waals surface area contributed by atoms with Gasteiger partial charge in [0.15, 0.2) is 0 Å². The van der Waals surface area contributed by atoms with Gasteiger partial charge < -0.3 is 15.4 Å². The van der Waals surface area contributed by atoms with Gasteiger partial charge >= 0.3 is 5.97 Å². The number of rotatable bonds is 6. The molecule has 2 N–H and O–H groups in total. The zero-order valence-electron chi connectivity index (χ0n) is 12.4. The summed E-state index contributed by atoms with van der Waals surface area (Å²) in [4.78, 5) is 14.2. The van der Waals surface area contributed by atoms with E-state index in [1.54, 1.807) is 13.0 Å². The van der Waals surface area contributed by atoms with E-state index < -0.39 is 0 Å². The van der Waals surface area contributed by atoms with Crippen molar-refractivity contribution < 1.29 is 9.53 Å². The van der Waals surface area contributed by atoms with Crippen LogP contribution in [-0.4, -0.2) is 25.7 Å². The highest BCUT2D eigenvalue weighted by molar-refractivity contribution is 5.98. The molecule has 0 radical (unpaired) electrons. The number of nitrogens with zero attached hydrogens (tertiary/aromatic N) is 1. The van der Waals surface area contributed by atoms with Crippen LogP contribution in [0.2, 0.25) is 0 Å². The lowest BCUT2D eigenvalue weighted by atomic mass is 9.85. The highest BCUT2D eigenvalue weighted by Crippen LogP contribution is 2.32. The Balaban J connectivity index is 2.21. The number of benzene rings is 1. The maximum atomic E-state index is 11.9. The summed E-state index contributed by atoms with van der Waals surface area (Å²) in [6.07, 6.45) is 3.93. The van der Waals surface area contributed by atoms with Crippen LogP contribution in [0.25, 0.3) is 0 Å². The van der Waals surface area contributed by atoms with Crippen molar-refractivity contribution in [3.8, 4) is 0 Å². The van der Waals surface area contributed by atoms with Crippen molar-refractivity contribution in [3.05, 3.63) is 23.8 Å². The molecule has 4 heteroatoms. The highest BCUT2D eigenvalue weighted by Gasteiger charge is 2.22. The van der Waals surface area contributed by atoms with Crippen LogP contribution in [0.15, 0.2) is 18.2 Å². The van der Waals surface area contributed by atoms with Gasteiger partial charge in [0.1, 0.15) is 0 Å². The molecule has 0 heterocycles. The fourth-order valence-electron chi connectivity index (χ4n) is 2.60. The van der Waals surface area contributed by atoms with Crippen molar-refractivity contribution in [2.45, 2.75) is 33.1 Å². The molecule has 0 unspecified atom stereocenters. The molecule has 110 valence electrons. The first-order chi connectivity index (χ1) is 9.67. The first-order valence-electron chi connectivity index (χ1n) is 7.47. The predicted molar refractivity (Wildman–Crippen MR) is 82.0 cm³/mol. The third kappa shape index (κ3) is 3.06. The lowest BCUT2D eigenvalue weighted by Gasteiger charge is -2.34. The van der Waals surface area contributed by atoms with Gasteiger partial charge in [-0.15, -0.1) is 0 Å². The van der Waals surface area contributed by atoms with Gasteiger partial charge in [-0.2, -0.15) is 0 Å². The Morgan fingerprint density at radius 1 is 1.40 bits per heavy atom. The third-order valence-corrected chi connectivity index (χ3v) is 4.00. The summed E-state index contributed by atoms with van der Waals surface area (Å²) in [5, 5.41) is 0. The molecular formula is C16H24N2O2. The minimum absolute atomic E-state index is 0.341. The summed E-state index contributed by atoms with van der Waals surface area (Å²) in [5.74, 6) is 0.423. The number of esters is 1. The zero-order valence-corrected chi connectivity index (χ0v) is 12.4. The predicted octanol–water partition coefficient (Wildman–Crippen LogP) is 3.07. The Morgan fingerprint density at radius 2 is 2.15 bits per heavy atom. The molecule has 1 fully saturated rings. The third-order valence-electron chi connectivity index (χ3n) is 4.00. The van der Waals surface area contributed by atoms with Crippen LogP contribution in [0, 0.1) is 5.92 Å². The van der Waals surface area contributed by atoms with Crippen LogP contribution in [0.3, 0.4) is 0 Å². The molecular weight excluding hydrogens is 252 g/mol. The summed E-state index contributed by atoms with van der Waals surface area (Å²) in [6, 6.07) is 5.59. The van der Waals surface area contributed by atoms with Crippen molar-refractivity contribution in [1.29, 1.82) is 0 Å². The molecule has 0 amide bonds. The highest BCUT2D eigenvalue weighted by atomic mass is 16.5. The van der Waals surface area contributed by atoms with Gasteiger partial charge in [0.25, 0.3) is 0 Å². The number of anilines is 2. The minimum atomic E-state index is -0.341. The Morgan fingerprint density at radius 3 is 2.70 bits per heavy atom.